The molecule has 176 valence electrons. The predicted octanol–water partition coefficient (Wildman–Crippen LogP) is 5.84. The topological polar surface area (TPSA) is 97.9 Å². The molecule has 0 spiro atoms. The molecule has 1 aromatic carbocycles. The Kier molecular flexibility index (Phi) is 5.83. The number of carbonyl (C=O) groups is 1. The fourth-order valence-corrected chi connectivity index (χ4v) is 5.26. The van der Waals surface area contributed by atoms with Crippen LogP contribution in [0.5, 0.6) is 0 Å². The lowest BCUT2D eigenvalue weighted by atomic mass is 9.79. The number of furan rings is 2. The highest BCUT2D eigenvalue weighted by Gasteiger charge is 2.45. The van der Waals surface area contributed by atoms with Gasteiger partial charge in [-0.25, -0.2) is 5.01 Å². The van der Waals surface area contributed by atoms with Gasteiger partial charge in [0.1, 0.15) is 17.6 Å². The van der Waals surface area contributed by atoms with E-state index in [9.17, 15) is 4.79 Å². The van der Waals surface area contributed by atoms with E-state index in [1.54, 1.807) is 17.5 Å². The fraction of sp³-hybridized carbons (Fsp3) is 0.231. The zero-order valence-electron chi connectivity index (χ0n) is 18.7. The van der Waals surface area contributed by atoms with E-state index >= 15 is 0 Å². The maximum atomic E-state index is 13.4. The van der Waals surface area contributed by atoms with Crippen molar-refractivity contribution in [3.63, 3.8) is 0 Å². The summed E-state index contributed by atoms with van der Waals surface area (Å²) in [4.78, 5) is 13.4. The van der Waals surface area contributed by atoms with Crippen LogP contribution < -0.4 is 0 Å². The summed E-state index contributed by atoms with van der Waals surface area (Å²) in [7, 11) is 0. The summed E-state index contributed by atoms with van der Waals surface area (Å²) in [6.45, 7) is 0. The minimum Gasteiger partial charge on any atom is -0.467 e. The van der Waals surface area contributed by atoms with Crippen molar-refractivity contribution in [2.45, 2.75) is 30.5 Å². The molecule has 6 rings (SSSR count). The van der Waals surface area contributed by atoms with Crippen LogP contribution in [0.4, 0.5) is 0 Å². The number of thioether (sulfide) groups is 1. The molecule has 2 atom stereocenters. The molecule has 3 aromatic heterocycles. The van der Waals surface area contributed by atoms with Crippen molar-refractivity contribution < 1.29 is 18.0 Å². The van der Waals surface area contributed by atoms with Gasteiger partial charge in [0.05, 0.1) is 24.0 Å². The SMILES string of the molecule is O=C(CSc1nnc(-c2ccccc2)o1)N1N=C2/C(=C\c3ccco3)CCCC2C1c1ccco1. The third-order valence-corrected chi connectivity index (χ3v) is 7.00. The predicted molar refractivity (Wildman–Crippen MR) is 130 cm³/mol. The van der Waals surface area contributed by atoms with Crippen LogP contribution in [0.2, 0.25) is 0 Å². The lowest BCUT2D eigenvalue weighted by molar-refractivity contribution is -0.131. The van der Waals surface area contributed by atoms with Crippen LogP contribution in [-0.4, -0.2) is 32.6 Å². The first kappa shape index (κ1) is 21.7. The summed E-state index contributed by atoms with van der Waals surface area (Å²) < 4.78 is 17.0. The second-order valence-electron chi connectivity index (χ2n) is 8.40. The molecule has 0 radical (unpaired) electrons. The molecule has 9 heteroatoms. The number of allylic oxidation sites excluding steroid dienone is 1. The van der Waals surface area contributed by atoms with Gasteiger partial charge in [0.2, 0.25) is 5.89 Å². The van der Waals surface area contributed by atoms with Crippen LogP contribution in [0.25, 0.3) is 17.5 Å². The Morgan fingerprint density at radius 3 is 2.71 bits per heavy atom. The van der Waals surface area contributed by atoms with E-state index in [2.05, 4.69) is 10.2 Å². The molecule has 4 heterocycles. The van der Waals surface area contributed by atoms with Gasteiger partial charge in [-0.05, 0) is 67.3 Å². The monoisotopic (exact) mass is 486 g/mol. The minimum atomic E-state index is -0.282. The third-order valence-electron chi connectivity index (χ3n) is 6.20. The maximum Gasteiger partial charge on any atom is 0.277 e. The van der Waals surface area contributed by atoms with E-state index in [0.29, 0.717) is 11.1 Å². The van der Waals surface area contributed by atoms with Gasteiger partial charge in [-0.1, -0.05) is 30.0 Å². The Morgan fingerprint density at radius 2 is 1.91 bits per heavy atom. The first-order chi connectivity index (χ1) is 17.3. The fourth-order valence-electron chi connectivity index (χ4n) is 4.65. The number of rotatable bonds is 6. The molecular weight excluding hydrogens is 464 g/mol. The summed E-state index contributed by atoms with van der Waals surface area (Å²) in [5.74, 6) is 1.98. The van der Waals surface area contributed by atoms with Crippen molar-refractivity contribution in [3.05, 3.63) is 84.2 Å². The molecule has 35 heavy (non-hydrogen) atoms. The van der Waals surface area contributed by atoms with Gasteiger partial charge >= 0.3 is 0 Å². The van der Waals surface area contributed by atoms with Gasteiger partial charge in [0, 0.05) is 11.5 Å². The molecule has 1 fully saturated rings. The zero-order valence-corrected chi connectivity index (χ0v) is 19.6. The Labute approximate surface area is 205 Å². The lowest BCUT2D eigenvalue weighted by Gasteiger charge is -2.27. The van der Waals surface area contributed by atoms with Crippen molar-refractivity contribution >= 4 is 29.5 Å². The minimum absolute atomic E-state index is 0.0677. The summed E-state index contributed by atoms with van der Waals surface area (Å²) >= 11 is 1.21. The van der Waals surface area contributed by atoms with Gasteiger partial charge in [0.25, 0.3) is 11.1 Å². The van der Waals surface area contributed by atoms with E-state index in [-0.39, 0.29) is 23.6 Å². The van der Waals surface area contributed by atoms with E-state index in [1.165, 1.54) is 11.8 Å². The van der Waals surface area contributed by atoms with Gasteiger partial charge in [-0.3, -0.25) is 4.79 Å². The Morgan fingerprint density at radius 1 is 1.06 bits per heavy atom. The van der Waals surface area contributed by atoms with Crippen molar-refractivity contribution in [3.8, 4) is 11.5 Å². The normalized spacial score (nSPS) is 20.7. The molecule has 1 saturated carbocycles. The van der Waals surface area contributed by atoms with Crippen LogP contribution in [0, 0.1) is 5.92 Å². The number of hydrogen-bond donors (Lipinski definition) is 0. The highest BCUT2D eigenvalue weighted by molar-refractivity contribution is 7.99. The molecule has 4 aromatic rings. The molecule has 0 N–H and O–H groups in total. The lowest BCUT2D eigenvalue weighted by Crippen LogP contribution is -2.32. The van der Waals surface area contributed by atoms with Crippen molar-refractivity contribution in [2.24, 2.45) is 11.0 Å². The van der Waals surface area contributed by atoms with Crippen LogP contribution in [0.1, 0.15) is 36.8 Å². The number of hydrazone groups is 1. The standard InChI is InChI=1S/C26H22N4O4S/c31-22(16-35-26-28-27-25(34-26)17-7-2-1-3-8-17)30-24(21-12-6-14-33-21)20-11-4-9-18(23(20)29-30)15-19-10-5-13-32-19/h1-3,5-8,10,12-15,20,24H,4,9,11,16H2/b18-15-. The van der Waals surface area contributed by atoms with Gasteiger partial charge < -0.3 is 13.3 Å². The van der Waals surface area contributed by atoms with E-state index < -0.39 is 0 Å². The van der Waals surface area contributed by atoms with Crippen LogP contribution in [0.15, 0.2) is 96.3 Å². The second-order valence-corrected chi connectivity index (χ2v) is 9.32. The smallest absolute Gasteiger partial charge is 0.277 e. The number of hydrogen-bond acceptors (Lipinski definition) is 8. The maximum absolute atomic E-state index is 13.4. The summed E-state index contributed by atoms with van der Waals surface area (Å²) in [6.07, 6.45) is 8.15. The Hall–Kier alpha value is -3.85. The van der Waals surface area contributed by atoms with Crippen LogP contribution in [-0.2, 0) is 4.79 Å². The van der Waals surface area contributed by atoms with Crippen LogP contribution >= 0.6 is 11.8 Å². The quantitative estimate of drug-likeness (QED) is 0.316. The molecule has 0 saturated heterocycles. The highest BCUT2D eigenvalue weighted by atomic mass is 32.2. The molecule has 0 bridgehead atoms. The summed E-state index contributed by atoms with van der Waals surface area (Å²) in [6, 6.07) is 16.8. The van der Waals surface area contributed by atoms with Crippen molar-refractivity contribution in [1.29, 1.82) is 0 Å². The molecule has 2 unspecified atom stereocenters. The molecule has 1 aliphatic heterocycles. The average molecular weight is 487 g/mol. The van der Waals surface area contributed by atoms with Crippen LogP contribution in [0.3, 0.4) is 0 Å². The third kappa shape index (κ3) is 4.35. The van der Waals surface area contributed by atoms with Gasteiger partial charge in [-0.2, -0.15) is 5.10 Å². The molecule has 8 nitrogen and oxygen atoms in total. The number of carbonyl (C=O) groups excluding carboxylic acids is 1. The van der Waals surface area contributed by atoms with E-state index in [1.807, 2.05) is 60.7 Å². The number of amides is 1. The first-order valence-electron chi connectivity index (χ1n) is 11.5. The number of aromatic nitrogens is 2. The average Bonchev–Trinajstić information content (AvgIpc) is 3.69. The zero-order chi connectivity index (χ0) is 23.6. The number of nitrogens with zero attached hydrogens (tertiary/aromatic N) is 4. The summed E-state index contributed by atoms with van der Waals surface area (Å²) in [5.41, 5.74) is 2.86. The number of fused-ring (bicyclic) bond motifs is 1. The van der Waals surface area contributed by atoms with Crippen molar-refractivity contribution in [2.75, 3.05) is 5.75 Å². The summed E-state index contributed by atoms with van der Waals surface area (Å²) in [5, 5.41) is 14.9. The van der Waals surface area contributed by atoms with E-state index in [4.69, 9.17) is 18.4 Å². The highest BCUT2D eigenvalue weighted by Crippen LogP contribution is 2.44. The van der Waals surface area contributed by atoms with Gasteiger partial charge in [-0.15, -0.1) is 10.2 Å². The number of benzene rings is 1. The second kappa shape index (κ2) is 9.42. The molecule has 1 aliphatic carbocycles. The molecule has 2 aliphatic rings. The molecular formula is C26H22N4O4S. The first-order valence-corrected chi connectivity index (χ1v) is 12.4. The Bertz CT molecular complexity index is 1360. The largest absolute Gasteiger partial charge is 0.467 e. The van der Waals surface area contributed by atoms with Crippen molar-refractivity contribution in [1.82, 2.24) is 15.2 Å². The molecule has 1 amide bonds. The Balaban J connectivity index is 1.24. The van der Waals surface area contributed by atoms with E-state index in [0.717, 1.165) is 47.6 Å². The van der Waals surface area contributed by atoms with Gasteiger partial charge in [0.15, 0.2) is 0 Å².